The molecule has 0 amide bonds. The van der Waals surface area contributed by atoms with Crippen molar-refractivity contribution in [3.8, 4) is 0 Å². The average molecular weight is 170 g/mol. The van der Waals surface area contributed by atoms with Gasteiger partial charge in [0.15, 0.2) is 0 Å². The van der Waals surface area contributed by atoms with Gasteiger partial charge in [-0.2, -0.15) is 0 Å². The van der Waals surface area contributed by atoms with Crippen molar-refractivity contribution in [3.63, 3.8) is 0 Å². The Kier molecular flexibility index (Phi) is 4.62. The maximum atomic E-state index is 3.23. The Bertz CT molecular complexity index is 106. The summed E-state index contributed by atoms with van der Waals surface area (Å²) in [4.78, 5) is 2.55. The predicted molar refractivity (Wildman–Crippen MR) is 53.4 cm³/mol. The van der Waals surface area contributed by atoms with Crippen molar-refractivity contribution >= 4 is 0 Å². The van der Waals surface area contributed by atoms with Crippen molar-refractivity contribution in [2.45, 2.75) is 26.2 Å². The van der Waals surface area contributed by atoms with Gasteiger partial charge in [-0.15, -0.1) is 0 Å². The van der Waals surface area contributed by atoms with Gasteiger partial charge in [-0.25, -0.2) is 0 Å². The number of piperidine rings is 1. The van der Waals surface area contributed by atoms with Gasteiger partial charge in [0, 0.05) is 0 Å². The van der Waals surface area contributed by atoms with Crippen LogP contribution in [0.25, 0.3) is 0 Å². The first-order valence-electron chi connectivity index (χ1n) is 5.23. The van der Waals surface area contributed by atoms with Gasteiger partial charge in [-0.3, -0.25) is 0 Å². The zero-order valence-electron chi connectivity index (χ0n) is 8.47. The minimum absolute atomic E-state index is 0.986. The van der Waals surface area contributed by atoms with Crippen molar-refractivity contribution in [1.29, 1.82) is 0 Å². The summed E-state index contributed by atoms with van der Waals surface area (Å²) in [6.07, 6.45) is 4.19. The second-order valence-corrected chi connectivity index (χ2v) is 3.77. The summed E-state index contributed by atoms with van der Waals surface area (Å²) in [5.41, 5.74) is 0. The van der Waals surface area contributed by atoms with Crippen LogP contribution in [0.4, 0.5) is 0 Å². The van der Waals surface area contributed by atoms with E-state index in [2.05, 4.69) is 17.1 Å². The van der Waals surface area contributed by atoms with E-state index < -0.39 is 0 Å². The van der Waals surface area contributed by atoms with Crippen LogP contribution in [0.5, 0.6) is 0 Å². The van der Waals surface area contributed by atoms with Crippen LogP contribution in [0.2, 0.25) is 0 Å². The van der Waals surface area contributed by atoms with E-state index in [0.717, 1.165) is 5.92 Å². The van der Waals surface area contributed by atoms with Crippen LogP contribution >= 0.6 is 0 Å². The van der Waals surface area contributed by atoms with Crippen LogP contribution in [0, 0.1) is 5.92 Å². The molecule has 0 bridgehead atoms. The van der Waals surface area contributed by atoms with Crippen molar-refractivity contribution < 1.29 is 0 Å². The second-order valence-electron chi connectivity index (χ2n) is 3.77. The van der Waals surface area contributed by atoms with Gasteiger partial charge in [-0.1, -0.05) is 6.92 Å². The van der Waals surface area contributed by atoms with E-state index in [1.54, 1.807) is 0 Å². The van der Waals surface area contributed by atoms with Crippen LogP contribution < -0.4 is 5.32 Å². The molecule has 72 valence electrons. The molecule has 1 heterocycles. The Morgan fingerprint density at radius 3 is 2.50 bits per heavy atom. The SMILES string of the molecule is CCN1CCC(CCNC)CC1. The molecule has 0 radical (unpaired) electrons. The van der Waals surface area contributed by atoms with E-state index >= 15 is 0 Å². The lowest BCUT2D eigenvalue weighted by Gasteiger charge is -2.30. The van der Waals surface area contributed by atoms with Gasteiger partial charge in [0.25, 0.3) is 0 Å². The molecule has 12 heavy (non-hydrogen) atoms. The van der Waals surface area contributed by atoms with Crippen LogP contribution in [0.3, 0.4) is 0 Å². The van der Waals surface area contributed by atoms with Crippen molar-refractivity contribution in [3.05, 3.63) is 0 Å². The summed E-state index contributed by atoms with van der Waals surface area (Å²) in [7, 11) is 2.04. The highest BCUT2D eigenvalue weighted by molar-refractivity contribution is 4.71. The van der Waals surface area contributed by atoms with Crippen LogP contribution in [-0.2, 0) is 0 Å². The van der Waals surface area contributed by atoms with Gasteiger partial charge in [0.2, 0.25) is 0 Å². The molecule has 0 atom stereocenters. The lowest BCUT2D eigenvalue weighted by atomic mass is 9.94. The van der Waals surface area contributed by atoms with E-state index in [4.69, 9.17) is 0 Å². The molecular formula is C10H22N2. The lowest BCUT2D eigenvalue weighted by Crippen LogP contribution is -2.34. The largest absolute Gasteiger partial charge is 0.320 e. The maximum absolute atomic E-state index is 3.23. The highest BCUT2D eigenvalue weighted by atomic mass is 15.1. The Labute approximate surface area is 76.3 Å². The van der Waals surface area contributed by atoms with Gasteiger partial charge >= 0.3 is 0 Å². The van der Waals surface area contributed by atoms with E-state index in [1.165, 1.54) is 45.4 Å². The zero-order valence-corrected chi connectivity index (χ0v) is 8.47. The smallest absolute Gasteiger partial charge is 0.00162 e. The topological polar surface area (TPSA) is 15.3 Å². The number of hydrogen-bond acceptors (Lipinski definition) is 2. The minimum Gasteiger partial charge on any atom is -0.320 e. The molecule has 0 aromatic carbocycles. The highest BCUT2D eigenvalue weighted by Crippen LogP contribution is 2.19. The fourth-order valence-corrected chi connectivity index (χ4v) is 1.94. The van der Waals surface area contributed by atoms with Crippen molar-refractivity contribution in [1.82, 2.24) is 10.2 Å². The number of nitrogens with one attached hydrogen (secondary N) is 1. The van der Waals surface area contributed by atoms with E-state index in [9.17, 15) is 0 Å². The minimum atomic E-state index is 0.986. The third-order valence-electron chi connectivity index (χ3n) is 2.96. The molecule has 0 saturated carbocycles. The molecule has 0 aliphatic carbocycles. The number of likely N-dealkylation sites (tertiary alicyclic amines) is 1. The summed E-state index contributed by atoms with van der Waals surface area (Å²) in [6.45, 7) is 7.33. The fourth-order valence-electron chi connectivity index (χ4n) is 1.94. The molecule has 1 saturated heterocycles. The lowest BCUT2D eigenvalue weighted by molar-refractivity contribution is 0.187. The van der Waals surface area contributed by atoms with E-state index in [-0.39, 0.29) is 0 Å². The molecule has 1 aliphatic heterocycles. The van der Waals surface area contributed by atoms with E-state index in [0.29, 0.717) is 0 Å². The quantitative estimate of drug-likeness (QED) is 0.684. The van der Waals surface area contributed by atoms with Crippen molar-refractivity contribution in [2.75, 3.05) is 33.2 Å². The third-order valence-corrected chi connectivity index (χ3v) is 2.96. The molecule has 0 aromatic heterocycles. The first kappa shape index (κ1) is 10.0. The normalized spacial score (nSPS) is 21.5. The fraction of sp³-hybridized carbons (Fsp3) is 1.00. The van der Waals surface area contributed by atoms with Crippen LogP contribution in [0.15, 0.2) is 0 Å². The second kappa shape index (κ2) is 5.55. The van der Waals surface area contributed by atoms with Gasteiger partial charge in [0.1, 0.15) is 0 Å². The molecule has 2 heteroatoms. The molecule has 2 nitrogen and oxygen atoms in total. The summed E-state index contributed by atoms with van der Waals surface area (Å²) in [5, 5.41) is 3.23. The summed E-state index contributed by atoms with van der Waals surface area (Å²) < 4.78 is 0. The van der Waals surface area contributed by atoms with E-state index in [1.807, 2.05) is 7.05 Å². The summed E-state index contributed by atoms with van der Waals surface area (Å²) in [5.74, 6) is 0.986. The third kappa shape index (κ3) is 3.11. The monoisotopic (exact) mass is 170 g/mol. The summed E-state index contributed by atoms with van der Waals surface area (Å²) in [6, 6.07) is 0. The molecule has 1 N–H and O–H groups in total. The Morgan fingerprint density at radius 1 is 1.33 bits per heavy atom. The average Bonchev–Trinajstić information content (AvgIpc) is 2.15. The molecule has 1 rings (SSSR count). The predicted octanol–water partition coefficient (Wildman–Crippen LogP) is 1.33. The highest BCUT2D eigenvalue weighted by Gasteiger charge is 2.16. The maximum Gasteiger partial charge on any atom is -0.00162 e. The zero-order chi connectivity index (χ0) is 8.81. The summed E-state index contributed by atoms with van der Waals surface area (Å²) >= 11 is 0. The van der Waals surface area contributed by atoms with Gasteiger partial charge < -0.3 is 10.2 Å². The molecule has 1 aliphatic rings. The van der Waals surface area contributed by atoms with Crippen LogP contribution in [-0.4, -0.2) is 38.1 Å². The first-order chi connectivity index (χ1) is 5.86. The van der Waals surface area contributed by atoms with Gasteiger partial charge in [0.05, 0.1) is 0 Å². The molecule has 1 fully saturated rings. The number of hydrogen-bond donors (Lipinski definition) is 1. The van der Waals surface area contributed by atoms with Gasteiger partial charge in [-0.05, 0) is 58.4 Å². The number of nitrogens with zero attached hydrogens (tertiary/aromatic N) is 1. The first-order valence-corrected chi connectivity index (χ1v) is 5.23. The Balaban J connectivity index is 2.09. The molecule has 0 spiro atoms. The standard InChI is InChI=1S/C10H22N2/c1-3-12-8-5-10(6-9-12)4-7-11-2/h10-11H,3-9H2,1-2H3. The Morgan fingerprint density at radius 2 is 2.00 bits per heavy atom. The molecular weight excluding hydrogens is 148 g/mol. The Hall–Kier alpha value is -0.0800. The van der Waals surface area contributed by atoms with Crippen molar-refractivity contribution in [2.24, 2.45) is 5.92 Å². The molecule has 0 aromatic rings. The molecule has 0 unspecified atom stereocenters. The number of rotatable bonds is 4. The van der Waals surface area contributed by atoms with Crippen LogP contribution in [0.1, 0.15) is 26.2 Å².